The third kappa shape index (κ3) is 5.02. The Balaban J connectivity index is 1.81. The van der Waals surface area contributed by atoms with Gasteiger partial charge in [-0.2, -0.15) is 0 Å². The maximum Gasteiger partial charge on any atom is 0.246 e. The number of rotatable bonds is 9. The predicted molar refractivity (Wildman–Crippen MR) is 116 cm³/mol. The van der Waals surface area contributed by atoms with Crippen LogP contribution in [0.25, 0.3) is 11.0 Å². The highest BCUT2D eigenvalue weighted by molar-refractivity contribution is 5.94. The van der Waals surface area contributed by atoms with Crippen molar-refractivity contribution in [2.75, 3.05) is 18.0 Å². The van der Waals surface area contributed by atoms with Crippen molar-refractivity contribution >= 4 is 28.5 Å². The summed E-state index contributed by atoms with van der Waals surface area (Å²) >= 11 is 0. The third-order valence-electron chi connectivity index (χ3n) is 4.86. The number of benzene rings is 2. The minimum atomic E-state index is 0.0121. The summed E-state index contributed by atoms with van der Waals surface area (Å²) in [5.74, 6) is 0.867. The minimum Gasteiger partial charge on any atom is -0.356 e. The van der Waals surface area contributed by atoms with E-state index in [1.54, 1.807) is 4.90 Å². The molecule has 0 aliphatic rings. The normalized spacial score (nSPS) is 10.8. The van der Waals surface area contributed by atoms with Gasteiger partial charge in [-0.3, -0.25) is 9.59 Å². The van der Waals surface area contributed by atoms with Crippen LogP contribution in [0.4, 0.5) is 5.69 Å². The van der Waals surface area contributed by atoms with Gasteiger partial charge < -0.3 is 14.8 Å². The van der Waals surface area contributed by atoms with Crippen LogP contribution in [0.1, 0.15) is 32.5 Å². The average Bonchev–Trinajstić information content (AvgIpc) is 3.07. The van der Waals surface area contributed by atoms with Gasteiger partial charge >= 0.3 is 0 Å². The Morgan fingerprint density at radius 3 is 2.48 bits per heavy atom. The van der Waals surface area contributed by atoms with E-state index in [1.165, 1.54) is 0 Å². The summed E-state index contributed by atoms with van der Waals surface area (Å²) < 4.78 is 1.97. The number of fused-ring (bicyclic) bond motifs is 1. The molecule has 0 aliphatic heterocycles. The maximum absolute atomic E-state index is 13.1. The Hall–Kier alpha value is -3.15. The Labute approximate surface area is 171 Å². The first-order valence-corrected chi connectivity index (χ1v) is 10.2. The molecule has 29 heavy (non-hydrogen) atoms. The second-order valence-corrected chi connectivity index (χ2v) is 6.93. The quantitative estimate of drug-likeness (QED) is 0.606. The van der Waals surface area contributed by atoms with Crippen LogP contribution in [0.15, 0.2) is 54.6 Å². The fraction of sp³-hybridized carbons (Fsp3) is 0.348. The van der Waals surface area contributed by atoms with E-state index in [2.05, 4.69) is 5.32 Å². The van der Waals surface area contributed by atoms with Gasteiger partial charge in [0.1, 0.15) is 12.4 Å². The number of aromatic nitrogens is 2. The van der Waals surface area contributed by atoms with Crippen molar-refractivity contribution < 1.29 is 9.59 Å². The molecule has 0 radical (unpaired) electrons. The summed E-state index contributed by atoms with van der Waals surface area (Å²) in [6.45, 7) is 5.27. The van der Waals surface area contributed by atoms with Gasteiger partial charge in [-0.05, 0) is 37.6 Å². The highest BCUT2D eigenvalue weighted by Gasteiger charge is 2.18. The molecule has 0 aliphatic carbocycles. The predicted octanol–water partition coefficient (Wildman–Crippen LogP) is 3.55. The van der Waals surface area contributed by atoms with E-state index in [0.29, 0.717) is 25.9 Å². The average molecular weight is 393 g/mol. The summed E-state index contributed by atoms with van der Waals surface area (Å²) in [5.41, 5.74) is 2.68. The van der Waals surface area contributed by atoms with Crippen LogP contribution < -0.4 is 10.2 Å². The van der Waals surface area contributed by atoms with Crippen LogP contribution in [0.3, 0.4) is 0 Å². The smallest absolute Gasteiger partial charge is 0.246 e. The second-order valence-electron chi connectivity index (χ2n) is 6.93. The highest BCUT2D eigenvalue weighted by Crippen LogP contribution is 2.19. The molecule has 0 saturated heterocycles. The van der Waals surface area contributed by atoms with Gasteiger partial charge in [-0.1, -0.05) is 37.3 Å². The van der Waals surface area contributed by atoms with E-state index in [-0.39, 0.29) is 18.4 Å². The summed E-state index contributed by atoms with van der Waals surface area (Å²) in [4.78, 5) is 31.4. The van der Waals surface area contributed by atoms with Crippen LogP contribution in [-0.4, -0.2) is 34.5 Å². The fourth-order valence-electron chi connectivity index (χ4n) is 3.45. The number of anilines is 1. The lowest BCUT2D eigenvalue weighted by Gasteiger charge is -2.22. The Kier molecular flexibility index (Phi) is 7.00. The number of nitrogens with zero attached hydrogens (tertiary/aromatic N) is 3. The molecule has 0 fully saturated rings. The molecular weight excluding hydrogens is 364 g/mol. The lowest BCUT2D eigenvalue weighted by Crippen LogP contribution is -2.34. The zero-order valence-electron chi connectivity index (χ0n) is 17.1. The van der Waals surface area contributed by atoms with Crippen LogP contribution in [-0.2, 0) is 22.6 Å². The van der Waals surface area contributed by atoms with Gasteiger partial charge in [0.05, 0.1) is 11.0 Å². The second kappa shape index (κ2) is 9.87. The summed E-state index contributed by atoms with van der Waals surface area (Å²) in [6, 6.07) is 17.5. The minimum absolute atomic E-state index is 0.0121. The van der Waals surface area contributed by atoms with Crippen LogP contribution >= 0.6 is 0 Å². The van der Waals surface area contributed by atoms with Crippen molar-refractivity contribution in [2.45, 2.75) is 39.7 Å². The van der Waals surface area contributed by atoms with Gasteiger partial charge in [-0.25, -0.2) is 4.98 Å². The molecule has 0 spiro atoms. The molecule has 0 bridgehead atoms. The van der Waals surface area contributed by atoms with Gasteiger partial charge in [0, 0.05) is 31.6 Å². The van der Waals surface area contributed by atoms with Crippen LogP contribution in [0.5, 0.6) is 0 Å². The number of amides is 2. The molecule has 3 rings (SSSR count). The lowest BCUT2D eigenvalue weighted by atomic mass is 10.2. The first kappa shape index (κ1) is 20.6. The number of imidazole rings is 1. The molecule has 2 aromatic carbocycles. The van der Waals surface area contributed by atoms with Crippen molar-refractivity contribution in [3.05, 3.63) is 60.4 Å². The Morgan fingerprint density at radius 1 is 1.03 bits per heavy atom. The van der Waals surface area contributed by atoms with E-state index >= 15 is 0 Å². The molecule has 1 aromatic heterocycles. The van der Waals surface area contributed by atoms with Gasteiger partial charge in [0.15, 0.2) is 0 Å². The zero-order valence-corrected chi connectivity index (χ0v) is 17.1. The third-order valence-corrected chi connectivity index (χ3v) is 4.86. The first-order chi connectivity index (χ1) is 14.1. The van der Waals surface area contributed by atoms with Crippen LogP contribution in [0.2, 0.25) is 0 Å². The van der Waals surface area contributed by atoms with Crippen molar-refractivity contribution in [2.24, 2.45) is 0 Å². The molecule has 0 saturated carbocycles. The molecule has 1 heterocycles. The lowest BCUT2D eigenvalue weighted by molar-refractivity contribution is -0.121. The SMILES string of the molecule is CCCC(=O)NCCc1nc2ccccc2n1CC(=O)N(CC)c1ccccc1. The number of likely N-dealkylation sites (N-methyl/N-ethyl adjacent to an activating group) is 1. The summed E-state index contributed by atoms with van der Waals surface area (Å²) in [7, 11) is 0. The Bertz CT molecular complexity index is 965. The Morgan fingerprint density at radius 2 is 1.76 bits per heavy atom. The monoisotopic (exact) mass is 392 g/mol. The van der Waals surface area contributed by atoms with Gasteiger partial charge in [0.2, 0.25) is 11.8 Å². The summed E-state index contributed by atoms with van der Waals surface area (Å²) in [5, 5.41) is 2.93. The van der Waals surface area contributed by atoms with E-state index in [9.17, 15) is 9.59 Å². The topological polar surface area (TPSA) is 67.2 Å². The molecule has 3 aromatic rings. The molecule has 6 heteroatoms. The van der Waals surface area contributed by atoms with E-state index < -0.39 is 0 Å². The van der Waals surface area contributed by atoms with E-state index in [1.807, 2.05) is 73.0 Å². The molecule has 1 N–H and O–H groups in total. The van der Waals surface area contributed by atoms with Crippen LogP contribution in [0, 0.1) is 0 Å². The molecular formula is C23H28N4O2. The molecule has 152 valence electrons. The van der Waals surface area contributed by atoms with E-state index in [0.717, 1.165) is 29.0 Å². The van der Waals surface area contributed by atoms with Crippen molar-refractivity contribution in [3.8, 4) is 0 Å². The fourth-order valence-corrected chi connectivity index (χ4v) is 3.45. The first-order valence-electron chi connectivity index (χ1n) is 10.2. The molecule has 2 amide bonds. The summed E-state index contributed by atoms with van der Waals surface area (Å²) in [6.07, 6.45) is 1.93. The maximum atomic E-state index is 13.1. The molecule has 6 nitrogen and oxygen atoms in total. The van der Waals surface area contributed by atoms with Crippen molar-refractivity contribution in [3.63, 3.8) is 0 Å². The molecule has 0 unspecified atom stereocenters. The zero-order chi connectivity index (χ0) is 20.6. The standard InChI is InChI=1S/C23H28N4O2/c1-3-10-22(28)24-16-15-21-25-19-13-8-9-14-20(19)27(21)17-23(29)26(4-2)18-11-6-5-7-12-18/h5-9,11-14H,3-4,10,15-17H2,1-2H3,(H,24,28). The van der Waals surface area contributed by atoms with Gasteiger partial charge in [-0.15, -0.1) is 0 Å². The number of para-hydroxylation sites is 3. The number of nitrogens with one attached hydrogen (secondary N) is 1. The largest absolute Gasteiger partial charge is 0.356 e. The number of carbonyl (C=O) groups is 2. The number of carbonyl (C=O) groups excluding carboxylic acids is 2. The van der Waals surface area contributed by atoms with Crippen molar-refractivity contribution in [1.82, 2.24) is 14.9 Å². The van der Waals surface area contributed by atoms with Gasteiger partial charge in [0.25, 0.3) is 0 Å². The number of hydrogen-bond donors (Lipinski definition) is 1. The van der Waals surface area contributed by atoms with E-state index in [4.69, 9.17) is 4.98 Å². The molecule has 0 atom stereocenters. The van der Waals surface area contributed by atoms with Crippen molar-refractivity contribution in [1.29, 1.82) is 0 Å². The highest BCUT2D eigenvalue weighted by atomic mass is 16.2. The number of hydrogen-bond acceptors (Lipinski definition) is 3.